The normalized spacial score (nSPS) is 34.4. The number of amides is 3. The molecule has 1 spiro atoms. The van der Waals surface area contributed by atoms with Gasteiger partial charge in [0.05, 0.1) is 29.2 Å². The molecule has 3 saturated heterocycles. The molecule has 0 aromatic carbocycles. The van der Waals surface area contributed by atoms with Crippen molar-refractivity contribution in [2.75, 3.05) is 20.2 Å². The van der Waals surface area contributed by atoms with Crippen LogP contribution >= 0.6 is 11.8 Å². The van der Waals surface area contributed by atoms with E-state index in [0.717, 1.165) is 32.1 Å². The molecule has 0 radical (unpaired) electrons. The molecule has 0 aromatic heterocycles. The number of aliphatic hydroxyl groups is 1. The highest BCUT2D eigenvalue weighted by Gasteiger charge is 2.74. The van der Waals surface area contributed by atoms with E-state index in [1.54, 1.807) is 23.7 Å². The molecule has 3 fully saturated rings. The van der Waals surface area contributed by atoms with Gasteiger partial charge in [-0.15, -0.1) is 11.8 Å². The van der Waals surface area contributed by atoms with Crippen LogP contribution in [0, 0.1) is 11.8 Å². The fourth-order valence-electron chi connectivity index (χ4n) is 5.35. The van der Waals surface area contributed by atoms with Crippen molar-refractivity contribution < 1.29 is 19.5 Å². The topological polar surface area (TPSA) is 98.7 Å². The molecule has 158 valence electrons. The molecule has 3 N–H and O–H groups in total. The molecular formula is C20H33N3O4S. The van der Waals surface area contributed by atoms with Crippen molar-refractivity contribution in [3.8, 4) is 0 Å². The quantitative estimate of drug-likeness (QED) is 0.490. The lowest BCUT2D eigenvalue weighted by atomic mass is 9.71. The third-order valence-electron chi connectivity index (χ3n) is 6.69. The molecule has 2 bridgehead atoms. The summed E-state index contributed by atoms with van der Waals surface area (Å²) in [5, 5.41) is 15.7. The van der Waals surface area contributed by atoms with Crippen LogP contribution in [0.5, 0.6) is 0 Å². The van der Waals surface area contributed by atoms with Crippen LogP contribution in [0.2, 0.25) is 0 Å². The van der Waals surface area contributed by atoms with Crippen LogP contribution < -0.4 is 10.6 Å². The molecular weight excluding hydrogens is 378 g/mol. The van der Waals surface area contributed by atoms with Crippen molar-refractivity contribution in [3.63, 3.8) is 0 Å². The van der Waals surface area contributed by atoms with Crippen LogP contribution in [0.3, 0.4) is 0 Å². The first-order valence-corrected chi connectivity index (χ1v) is 11.4. The Labute approximate surface area is 171 Å². The van der Waals surface area contributed by atoms with Gasteiger partial charge in [-0.25, -0.2) is 0 Å². The molecule has 8 heteroatoms. The second kappa shape index (κ2) is 8.61. The van der Waals surface area contributed by atoms with Crippen LogP contribution in [0.4, 0.5) is 0 Å². The molecule has 3 amide bonds. The van der Waals surface area contributed by atoms with Gasteiger partial charge in [0.25, 0.3) is 0 Å². The van der Waals surface area contributed by atoms with Gasteiger partial charge in [0.15, 0.2) is 0 Å². The lowest BCUT2D eigenvalue weighted by Gasteiger charge is -2.36. The molecule has 0 aromatic rings. The first-order chi connectivity index (χ1) is 13.5. The van der Waals surface area contributed by atoms with E-state index in [4.69, 9.17) is 0 Å². The lowest BCUT2D eigenvalue weighted by Crippen LogP contribution is -2.56. The summed E-state index contributed by atoms with van der Waals surface area (Å²) in [4.78, 5) is 41.0. The Morgan fingerprint density at radius 1 is 1.32 bits per heavy atom. The molecule has 3 aliphatic rings. The molecule has 0 aliphatic carbocycles. The van der Waals surface area contributed by atoms with Gasteiger partial charge >= 0.3 is 0 Å². The van der Waals surface area contributed by atoms with E-state index in [0.29, 0.717) is 13.0 Å². The zero-order valence-electron chi connectivity index (χ0n) is 17.1. The average Bonchev–Trinajstić information content (AvgIpc) is 3.33. The number of likely N-dealkylation sites (tertiary alicyclic amines) is 1. The summed E-state index contributed by atoms with van der Waals surface area (Å²) in [6.07, 6.45) is 5.21. The molecule has 3 rings (SSSR count). The number of aliphatic hydroxyl groups excluding tert-OH is 1. The Balaban J connectivity index is 1.93. The monoisotopic (exact) mass is 411 g/mol. The van der Waals surface area contributed by atoms with E-state index < -0.39 is 28.7 Å². The summed E-state index contributed by atoms with van der Waals surface area (Å²) < 4.78 is -0.559. The maximum Gasteiger partial charge on any atom is 0.244 e. The summed E-state index contributed by atoms with van der Waals surface area (Å²) in [5.74, 6) is -1.27. The molecule has 3 heterocycles. The number of hydrogen-bond donors (Lipinski definition) is 3. The fraction of sp³-hybridized carbons (Fsp3) is 0.850. The molecule has 28 heavy (non-hydrogen) atoms. The van der Waals surface area contributed by atoms with Crippen LogP contribution in [0.25, 0.3) is 0 Å². The van der Waals surface area contributed by atoms with Crippen LogP contribution in [-0.4, -0.2) is 70.0 Å². The van der Waals surface area contributed by atoms with Crippen molar-refractivity contribution in [3.05, 3.63) is 0 Å². The van der Waals surface area contributed by atoms with Gasteiger partial charge in [0.1, 0.15) is 6.04 Å². The third kappa shape index (κ3) is 3.22. The van der Waals surface area contributed by atoms with Crippen LogP contribution in [-0.2, 0) is 14.4 Å². The second-order valence-electron chi connectivity index (χ2n) is 8.16. The van der Waals surface area contributed by atoms with Crippen molar-refractivity contribution in [1.29, 1.82) is 0 Å². The number of hydrogen-bond acceptors (Lipinski definition) is 5. The first-order valence-electron chi connectivity index (χ1n) is 10.6. The zero-order chi connectivity index (χ0) is 20.5. The average molecular weight is 412 g/mol. The number of nitrogens with zero attached hydrogens (tertiary/aromatic N) is 1. The Morgan fingerprint density at radius 2 is 2.07 bits per heavy atom. The second-order valence-corrected chi connectivity index (χ2v) is 9.76. The highest BCUT2D eigenvalue weighted by atomic mass is 32.2. The van der Waals surface area contributed by atoms with E-state index >= 15 is 0 Å². The minimum atomic E-state index is -0.617. The number of carbonyl (C=O) groups excluding carboxylic acids is 3. The van der Waals surface area contributed by atoms with E-state index in [2.05, 4.69) is 17.6 Å². The van der Waals surface area contributed by atoms with E-state index in [-0.39, 0.29) is 29.6 Å². The van der Waals surface area contributed by atoms with Crippen LogP contribution in [0.1, 0.15) is 52.4 Å². The Kier molecular flexibility index (Phi) is 6.59. The maximum absolute atomic E-state index is 13.5. The minimum absolute atomic E-state index is 0.0839. The molecule has 3 aliphatic heterocycles. The molecule has 2 unspecified atom stereocenters. The summed E-state index contributed by atoms with van der Waals surface area (Å²) in [6, 6.07) is -1.02. The highest BCUT2D eigenvalue weighted by Crippen LogP contribution is 2.66. The van der Waals surface area contributed by atoms with Gasteiger partial charge in [0.2, 0.25) is 17.7 Å². The van der Waals surface area contributed by atoms with Crippen molar-refractivity contribution in [2.45, 2.75) is 74.5 Å². The number of nitrogens with one attached hydrogen (secondary N) is 2. The largest absolute Gasteiger partial charge is 0.394 e. The number of rotatable bonds is 9. The number of carbonyl (C=O) groups is 3. The number of unbranched alkanes of at least 4 members (excludes halogenated alkanes) is 2. The summed E-state index contributed by atoms with van der Waals surface area (Å²) in [5.41, 5.74) is 0. The molecule has 7 nitrogen and oxygen atoms in total. The Bertz CT molecular complexity index is 627. The van der Waals surface area contributed by atoms with E-state index in [9.17, 15) is 19.5 Å². The predicted octanol–water partition coefficient (Wildman–Crippen LogP) is 0.901. The third-order valence-corrected chi connectivity index (χ3v) is 8.64. The number of thioether (sulfide) groups is 1. The lowest BCUT2D eigenvalue weighted by molar-refractivity contribution is -0.142. The summed E-state index contributed by atoms with van der Waals surface area (Å²) in [7, 11) is 1.60. The number of fused-ring (bicyclic) bond motifs is 1. The Morgan fingerprint density at radius 3 is 2.68 bits per heavy atom. The maximum atomic E-state index is 13.5. The summed E-state index contributed by atoms with van der Waals surface area (Å²) >= 11 is 1.66. The zero-order valence-corrected chi connectivity index (χ0v) is 17.9. The van der Waals surface area contributed by atoms with E-state index in [1.807, 2.05) is 6.92 Å². The van der Waals surface area contributed by atoms with Gasteiger partial charge < -0.3 is 20.6 Å². The minimum Gasteiger partial charge on any atom is -0.394 e. The van der Waals surface area contributed by atoms with Gasteiger partial charge in [0, 0.05) is 18.8 Å². The van der Waals surface area contributed by atoms with Crippen molar-refractivity contribution in [1.82, 2.24) is 15.5 Å². The van der Waals surface area contributed by atoms with Gasteiger partial charge in [-0.05, 0) is 25.7 Å². The Hall–Kier alpha value is -1.28. The van der Waals surface area contributed by atoms with Crippen LogP contribution in [0.15, 0.2) is 0 Å². The van der Waals surface area contributed by atoms with Gasteiger partial charge in [-0.2, -0.15) is 0 Å². The fourth-order valence-corrected chi connectivity index (χ4v) is 7.55. The first kappa shape index (κ1) is 21.4. The molecule has 0 saturated carbocycles. The smallest absolute Gasteiger partial charge is 0.244 e. The highest BCUT2D eigenvalue weighted by molar-refractivity contribution is 8.02. The van der Waals surface area contributed by atoms with Crippen molar-refractivity contribution in [2.24, 2.45) is 11.8 Å². The predicted molar refractivity (Wildman–Crippen MR) is 109 cm³/mol. The molecule has 6 atom stereocenters. The standard InChI is InChI=1S/C20H33N3O4S/c1-4-6-7-10-22-18(26)16-20-9-8-13(28-20)14(17(25)21-3)15(20)19(27)23(16)12(5-2)11-24/h12-16,24H,4-11H2,1-3H3,(H,21,25)(H,22,26)/t12-,13-,14+,15-,16?,20?/m0/s1. The van der Waals surface area contributed by atoms with Gasteiger partial charge in [-0.1, -0.05) is 26.7 Å². The summed E-state index contributed by atoms with van der Waals surface area (Å²) in [6.45, 7) is 4.44. The van der Waals surface area contributed by atoms with Gasteiger partial charge in [-0.3, -0.25) is 14.4 Å². The SMILES string of the molecule is CCCCCNC(=O)C1N([C@@H](CC)CO)C(=O)[C@@H]2[C@H](C(=O)NC)[C@@H]3CCC12S3. The van der Waals surface area contributed by atoms with E-state index in [1.165, 1.54) is 0 Å². The van der Waals surface area contributed by atoms with Crippen molar-refractivity contribution >= 4 is 29.5 Å².